The van der Waals surface area contributed by atoms with Crippen LogP contribution in [-0.4, -0.2) is 5.91 Å². The van der Waals surface area contributed by atoms with Crippen molar-refractivity contribution >= 4 is 39.4 Å². The summed E-state index contributed by atoms with van der Waals surface area (Å²) in [5.74, 6) is 0.573. The maximum atomic E-state index is 12.6. The number of carbonyl (C=O) groups is 1. The van der Waals surface area contributed by atoms with Crippen LogP contribution in [0.2, 0.25) is 5.02 Å². The quantitative estimate of drug-likeness (QED) is 0.453. The molecular formula is C24H22ClNO4. The second kappa shape index (κ2) is 7.65. The maximum absolute atomic E-state index is 12.6. The predicted octanol–water partition coefficient (Wildman–Crippen LogP) is 5.29. The summed E-state index contributed by atoms with van der Waals surface area (Å²) in [7, 11) is 0. The van der Waals surface area contributed by atoms with Crippen LogP contribution < -0.4 is 10.9 Å². The first kappa shape index (κ1) is 20.2. The third-order valence-electron chi connectivity index (χ3n) is 5.62. The molecule has 0 spiro atoms. The van der Waals surface area contributed by atoms with E-state index in [0.29, 0.717) is 33.9 Å². The molecule has 0 aliphatic rings. The van der Waals surface area contributed by atoms with E-state index in [1.165, 1.54) is 0 Å². The molecule has 0 aliphatic carbocycles. The molecule has 4 aromatic rings. The number of fused-ring (bicyclic) bond motifs is 3. The van der Waals surface area contributed by atoms with Crippen LogP contribution >= 0.6 is 11.6 Å². The molecule has 1 amide bonds. The maximum Gasteiger partial charge on any atom is 0.340 e. The average molecular weight is 424 g/mol. The number of hydrogen-bond donors (Lipinski definition) is 1. The fourth-order valence-corrected chi connectivity index (χ4v) is 3.99. The van der Waals surface area contributed by atoms with E-state index >= 15 is 0 Å². The lowest BCUT2D eigenvalue weighted by molar-refractivity contribution is -0.120. The summed E-state index contributed by atoms with van der Waals surface area (Å²) in [6.45, 7) is 8.09. The van der Waals surface area contributed by atoms with E-state index < -0.39 is 5.63 Å². The number of rotatable bonds is 4. The minimum absolute atomic E-state index is 0.0638. The van der Waals surface area contributed by atoms with Gasteiger partial charge in [-0.15, -0.1) is 0 Å². The van der Waals surface area contributed by atoms with Crippen molar-refractivity contribution < 1.29 is 13.6 Å². The minimum atomic E-state index is -0.500. The van der Waals surface area contributed by atoms with E-state index in [9.17, 15) is 9.59 Å². The first-order chi connectivity index (χ1) is 14.3. The summed E-state index contributed by atoms with van der Waals surface area (Å²) in [5.41, 5.74) is 4.70. The zero-order chi connectivity index (χ0) is 21.6. The summed E-state index contributed by atoms with van der Waals surface area (Å²) >= 11 is 5.89. The summed E-state index contributed by atoms with van der Waals surface area (Å²) in [4.78, 5) is 25.2. The van der Waals surface area contributed by atoms with Gasteiger partial charge in [0.2, 0.25) is 5.91 Å². The van der Waals surface area contributed by atoms with Crippen molar-refractivity contribution in [3.63, 3.8) is 0 Å². The number of carbonyl (C=O) groups excluding carboxylic acids is 1. The molecule has 30 heavy (non-hydrogen) atoms. The highest BCUT2D eigenvalue weighted by Gasteiger charge is 2.21. The van der Waals surface area contributed by atoms with E-state index in [1.807, 2.05) is 45.9 Å². The van der Waals surface area contributed by atoms with Crippen LogP contribution in [0.3, 0.4) is 0 Å². The predicted molar refractivity (Wildman–Crippen MR) is 118 cm³/mol. The van der Waals surface area contributed by atoms with Gasteiger partial charge in [-0.25, -0.2) is 4.79 Å². The van der Waals surface area contributed by atoms with Crippen LogP contribution in [-0.2, 0) is 17.8 Å². The molecule has 2 aromatic carbocycles. The smallest absolute Gasteiger partial charge is 0.340 e. The molecule has 154 valence electrons. The van der Waals surface area contributed by atoms with Gasteiger partial charge in [0.05, 0.1) is 17.4 Å². The number of amides is 1. The van der Waals surface area contributed by atoms with Gasteiger partial charge in [-0.2, -0.15) is 0 Å². The molecular weight excluding hydrogens is 402 g/mol. The largest absolute Gasteiger partial charge is 0.460 e. The fourth-order valence-electron chi connectivity index (χ4n) is 3.86. The van der Waals surface area contributed by atoms with Gasteiger partial charge in [-0.3, -0.25) is 4.79 Å². The van der Waals surface area contributed by atoms with Crippen molar-refractivity contribution in [3.05, 3.63) is 79.4 Å². The number of aryl methyl sites for hydroxylation is 4. The Morgan fingerprint density at radius 1 is 1.00 bits per heavy atom. The van der Waals surface area contributed by atoms with E-state index in [-0.39, 0.29) is 12.3 Å². The van der Waals surface area contributed by atoms with Crippen molar-refractivity contribution in [2.45, 2.75) is 40.7 Å². The van der Waals surface area contributed by atoms with Gasteiger partial charge >= 0.3 is 5.63 Å². The molecule has 0 fully saturated rings. The highest BCUT2D eigenvalue weighted by molar-refractivity contribution is 6.30. The second-order valence-corrected chi connectivity index (χ2v) is 8.06. The molecule has 0 radical (unpaired) electrons. The van der Waals surface area contributed by atoms with Gasteiger partial charge < -0.3 is 14.2 Å². The lowest BCUT2D eigenvalue weighted by atomic mass is 9.98. The Morgan fingerprint density at radius 3 is 2.40 bits per heavy atom. The molecule has 6 heteroatoms. The average Bonchev–Trinajstić information content (AvgIpc) is 2.99. The number of halogens is 1. The van der Waals surface area contributed by atoms with Gasteiger partial charge in [0, 0.05) is 17.0 Å². The van der Waals surface area contributed by atoms with E-state index in [1.54, 1.807) is 12.1 Å². The lowest BCUT2D eigenvalue weighted by Crippen LogP contribution is -2.27. The molecule has 2 heterocycles. The summed E-state index contributed by atoms with van der Waals surface area (Å²) in [6, 6.07) is 9.09. The summed E-state index contributed by atoms with van der Waals surface area (Å²) < 4.78 is 11.6. The van der Waals surface area contributed by atoms with Crippen molar-refractivity contribution in [2.24, 2.45) is 0 Å². The summed E-state index contributed by atoms with van der Waals surface area (Å²) in [6.07, 6.45) is -0.0638. The Balaban J connectivity index is 1.70. The number of hydrogen-bond acceptors (Lipinski definition) is 4. The lowest BCUT2D eigenvalue weighted by Gasteiger charge is -2.10. The van der Waals surface area contributed by atoms with Gasteiger partial charge in [0.1, 0.15) is 16.9 Å². The fraction of sp³-hybridized carbons (Fsp3) is 0.250. The summed E-state index contributed by atoms with van der Waals surface area (Å²) in [5, 5.41) is 5.25. The topological polar surface area (TPSA) is 72.5 Å². The minimum Gasteiger partial charge on any atom is -0.460 e. The highest BCUT2D eigenvalue weighted by atomic mass is 35.5. The van der Waals surface area contributed by atoms with E-state index in [4.69, 9.17) is 20.4 Å². The van der Waals surface area contributed by atoms with Gasteiger partial charge in [-0.05, 0) is 68.1 Å². The van der Waals surface area contributed by atoms with Gasteiger partial charge in [0.25, 0.3) is 0 Å². The molecule has 0 unspecified atom stereocenters. The third kappa shape index (κ3) is 3.50. The number of furan rings is 1. The van der Waals surface area contributed by atoms with Crippen LogP contribution in [0, 0.1) is 27.7 Å². The van der Waals surface area contributed by atoms with Gasteiger partial charge in [-0.1, -0.05) is 23.7 Å². The normalized spacial score (nSPS) is 11.4. The van der Waals surface area contributed by atoms with Crippen molar-refractivity contribution in [1.29, 1.82) is 0 Å². The van der Waals surface area contributed by atoms with Crippen LogP contribution in [0.5, 0.6) is 0 Å². The van der Waals surface area contributed by atoms with E-state index in [0.717, 1.165) is 33.2 Å². The SMILES string of the molecule is Cc1oc2c(c(C)cc3oc(=O)c(CC(=O)NCc4ccc(Cl)cc4)c(C)c32)c1C. The standard InChI is InChI=1S/C24H22ClNO4/c1-12-9-19-22(23-21(12)13(2)15(4)29-23)14(3)18(24(28)30-19)10-20(27)26-11-16-5-7-17(25)8-6-16/h5-9H,10-11H2,1-4H3,(H,26,27). The van der Waals surface area contributed by atoms with Gasteiger partial charge in [0.15, 0.2) is 0 Å². The Hall–Kier alpha value is -3.05. The number of benzene rings is 2. The Bertz CT molecular complexity index is 1350. The zero-order valence-corrected chi connectivity index (χ0v) is 18.1. The molecule has 4 rings (SSSR count). The molecule has 0 bridgehead atoms. The molecule has 1 N–H and O–H groups in total. The Labute approximate surface area is 178 Å². The molecule has 0 saturated carbocycles. The second-order valence-electron chi connectivity index (χ2n) is 7.63. The van der Waals surface area contributed by atoms with Crippen molar-refractivity contribution in [1.82, 2.24) is 5.32 Å². The Kier molecular flexibility index (Phi) is 5.16. The first-order valence-electron chi connectivity index (χ1n) is 9.73. The molecule has 5 nitrogen and oxygen atoms in total. The van der Waals surface area contributed by atoms with E-state index in [2.05, 4.69) is 5.32 Å². The number of nitrogens with one attached hydrogen (secondary N) is 1. The first-order valence-corrected chi connectivity index (χ1v) is 10.1. The van der Waals surface area contributed by atoms with Crippen LogP contribution in [0.1, 0.15) is 33.6 Å². The molecule has 0 aliphatic heterocycles. The molecule has 2 aromatic heterocycles. The van der Waals surface area contributed by atoms with Crippen molar-refractivity contribution in [2.75, 3.05) is 0 Å². The van der Waals surface area contributed by atoms with Crippen LogP contribution in [0.4, 0.5) is 0 Å². The molecule has 0 saturated heterocycles. The molecule has 0 atom stereocenters. The highest BCUT2D eigenvalue weighted by Crippen LogP contribution is 2.36. The monoisotopic (exact) mass is 423 g/mol. The Morgan fingerprint density at radius 2 is 1.70 bits per heavy atom. The van der Waals surface area contributed by atoms with Crippen LogP contribution in [0.25, 0.3) is 21.9 Å². The van der Waals surface area contributed by atoms with Crippen molar-refractivity contribution in [3.8, 4) is 0 Å². The third-order valence-corrected chi connectivity index (χ3v) is 5.87. The van der Waals surface area contributed by atoms with Crippen LogP contribution in [0.15, 0.2) is 44.0 Å². The zero-order valence-electron chi connectivity index (χ0n) is 17.3.